The van der Waals surface area contributed by atoms with E-state index in [2.05, 4.69) is 21.8 Å². The topological polar surface area (TPSA) is 86.2 Å². The molecule has 0 bridgehead atoms. The summed E-state index contributed by atoms with van der Waals surface area (Å²) in [4.78, 5) is 8.47. The van der Waals surface area contributed by atoms with Gasteiger partial charge in [0.25, 0.3) is 0 Å². The van der Waals surface area contributed by atoms with Crippen LogP contribution in [0.2, 0.25) is 0 Å². The zero-order valence-corrected chi connectivity index (χ0v) is 13.6. The molecule has 1 aliphatic heterocycles. The number of ether oxygens (including phenoxy) is 1. The summed E-state index contributed by atoms with van der Waals surface area (Å²) in [5.74, 6) is 6.73. The van der Waals surface area contributed by atoms with Crippen LogP contribution >= 0.6 is 0 Å². The van der Waals surface area contributed by atoms with Gasteiger partial charge in [0.05, 0.1) is 23.7 Å². The van der Waals surface area contributed by atoms with E-state index in [1.165, 1.54) is 6.33 Å². The van der Waals surface area contributed by atoms with Crippen molar-refractivity contribution in [2.45, 2.75) is 25.2 Å². The minimum Gasteiger partial charge on any atom is -0.394 e. The first-order valence-corrected chi connectivity index (χ1v) is 8.20. The molecule has 3 N–H and O–H groups in total. The molecule has 6 heteroatoms. The first-order valence-electron chi connectivity index (χ1n) is 8.20. The Morgan fingerprint density at radius 2 is 2.04 bits per heavy atom. The molecule has 1 aliphatic rings. The monoisotopic (exact) mass is 334 g/mol. The second-order valence-corrected chi connectivity index (χ2v) is 6.00. The maximum absolute atomic E-state index is 9.30. The number of benzene rings is 1. The van der Waals surface area contributed by atoms with Crippen LogP contribution in [0.5, 0.6) is 0 Å². The number of hydrogen-bond acceptors (Lipinski definition) is 5. The maximum Gasteiger partial charge on any atom is 0.148 e. The first kappa shape index (κ1) is 15.6. The lowest BCUT2D eigenvalue weighted by Gasteiger charge is -2.14. The minimum absolute atomic E-state index is 0.0213. The summed E-state index contributed by atoms with van der Waals surface area (Å²) in [5.41, 5.74) is 8.48. The number of aliphatic hydroxyl groups excluding tert-OH is 1. The molecule has 1 aromatic carbocycles. The van der Waals surface area contributed by atoms with Gasteiger partial charge in [0.1, 0.15) is 24.0 Å². The van der Waals surface area contributed by atoms with E-state index >= 15 is 0 Å². The van der Waals surface area contributed by atoms with E-state index < -0.39 is 0 Å². The van der Waals surface area contributed by atoms with Crippen molar-refractivity contribution >= 4 is 16.9 Å². The Hall–Kier alpha value is -2.88. The molecule has 4 rings (SSSR count). The van der Waals surface area contributed by atoms with Gasteiger partial charge in [-0.2, -0.15) is 0 Å². The second-order valence-electron chi connectivity index (χ2n) is 6.00. The highest BCUT2D eigenvalue weighted by atomic mass is 16.5. The summed E-state index contributed by atoms with van der Waals surface area (Å²) in [5, 5.41) is 10.0. The fourth-order valence-electron chi connectivity index (χ4n) is 3.11. The molecule has 2 aromatic heterocycles. The van der Waals surface area contributed by atoms with Crippen molar-refractivity contribution in [2.75, 3.05) is 12.3 Å². The normalized spacial score (nSPS) is 19.7. The molecule has 25 heavy (non-hydrogen) atoms. The van der Waals surface area contributed by atoms with Crippen LogP contribution in [0.25, 0.3) is 11.0 Å². The van der Waals surface area contributed by atoms with Crippen LogP contribution in [-0.2, 0) is 4.74 Å². The maximum atomic E-state index is 9.30. The molecule has 2 atom stereocenters. The van der Waals surface area contributed by atoms with Crippen LogP contribution in [0.15, 0.2) is 42.9 Å². The molecule has 0 aliphatic carbocycles. The third kappa shape index (κ3) is 2.95. The van der Waals surface area contributed by atoms with E-state index in [1.807, 2.05) is 41.1 Å². The average molecular weight is 334 g/mol. The van der Waals surface area contributed by atoms with Gasteiger partial charge in [-0.15, -0.1) is 0 Å². The van der Waals surface area contributed by atoms with Gasteiger partial charge in [-0.25, -0.2) is 9.97 Å². The summed E-state index contributed by atoms with van der Waals surface area (Å²) in [6, 6.07) is 9.77. The number of fused-ring (bicyclic) bond motifs is 1. The third-order valence-corrected chi connectivity index (χ3v) is 4.35. The van der Waals surface area contributed by atoms with Gasteiger partial charge in [-0.1, -0.05) is 30.0 Å². The number of nitrogen functional groups attached to an aromatic ring is 1. The fraction of sp³-hybridized carbons (Fsp3) is 0.263. The molecule has 3 aromatic rings. The molecule has 0 spiro atoms. The van der Waals surface area contributed by atoms with E-state index in [4.69, 9.17) is 10.5 Å². The fourth-order valence-corrected chi connectivity index (χ4v) is 3.11. The summed E-state index contributed by atoms with van der Waals surface area (Å²) >= 11 is 0. The summed E-state index contributed by atoms with van der Waals surface area (Å²) in [7, 11) is 0. The van der Waals surface area contributed by atoms with E-state index in [-0.39, 0.29) is 18.9 Å². The molecule has 2 unspecified atom stereocenters. The van der Waals surface area contributed by atoms with Gasteiger partial charge in [-0.3, -0.25) is 0 Å². The van der Waals surface area contributed by atoms with Crippen LogP contribution in [0, 0.1) is 11.8 Å². The number of nitrogens with zero attached hydrogens (tertiary/aromatic N) is 3. The zero-order valence-electron chi connectivity index (χ0n) is 13.6. The highest BCUT2D eigenvalue weighted by Gasteiger charge is 2.28. The number of aliphatic hydroxyl groups is 1. The lowest BCUT2D eigenvalue weighted by molar-refractivity contribution is -0.0204. The van der Waals surface area contributed by atoms with E-state index in [9.17, 15) is 5.11 Å². The third-order valence-electron chi connectivity index (χ3n) is 4.35. The highest BCUT2D eigenvalue weighted by Crippen LogP contribution is 2.33. The Morgan fingerprint density at radius 3 is 2.80 bits per heavy atom. The standard InChI is InChI=1S/C19H18N4O2/c20-18-17-14(7-6-13-4-2-1-3-5-13)10-23(19(17)22-12-21-18)16-9-8-15(11-24)25-16/h1-5,10,12,15-16,24H,8-9,11H2,(H2,20,21,22). The van der Waals surface area contributed by atoms with E-state index in [0.717, 1.165) is 29.4 Å². The van der Waals surface area contributed by atoms with E-state index in [0.29, 0.717) is 11.5 Å². The number of anilines is 1. The van der Waals surface area contributed by atoms with Crippen LogP contribution in [-0.4, -0.2) is 32.4 Å². The van der Waals surface area contributed by atoms with Gasteiger partial charge in [0, 0.05) is 11.8 Å². The first-order chi connectivity index (χ1) is 12.3. The smallest absolute Gasteiger partial charge is 0.148 e. The molecule has 6 nitrogen and oxygen atoms in total. The Morgan fingerprint density at radius 1 is 1.20 bits per heavy atom. The van der Waals surface area contributed by atoms with Crippen molar-refractivity contribution in [3.63, 3.8) is 0 Å². The number of hydrogen-bond donors (Lipinski definition) is 2. The van der Waals surface area contributed by atoms with Crippen molar-refractivity contribution in [3.05, 3.63) is 54.0 Å². The Balaban J connectivity index is 1.79. The lowest BCUT2D eigenvalue weighted by atomic mass is 10.2. The van der Waals surface area contributed by atoms with Crippen molar-refractivity contribution < 1.29 is 9.84 Å². The van der Waals surface area contributed by atoms with E-state index in [1.54, 1.807) is 0 Å². The number of nitrogens with two attached hydrogens (primary N) is 1. The van der Waals surface area contributed by atoms with Gasteiger partial charge in [0.2, 0.25) is 0 Å². The quantitative estimate of drug-likeness (QED) is 0.701. The van der Waals surface area contributed by atoms with Crippen molar-refractivity contribution in [1.82, 2.24) is 14.5 Å². The zero-order chi connectivity index (χ0) is 17.2. The highest BCUT2D eigenvalue weighted by molar-refractivity contribution is 5.92. The molecule has 1 fully saturated rings. The molecule has 3 heterocycles. The molecular weight excluding hydrogens is 316 g/mol. The predicted octanol–water partition coefficient (Wildman–Crippen LogP) is 2.08. The molecule has 0 saturated carbocycles. The Labute approximate surface area is 145 Å². The van der Waals surface area contributed by atoms with Gasteiger partial charge in [0.15, 0.2) is 0 Å². The van der Waals surface area contributed by atoms with Crippen LogP contribution < -0.4 is 5.73 Å². The molecular formula is C19H18N4O2. The SMILES string of the molecule is Nc1ncnc2c1c(C#Cc1ccccc1)cn2C1CCC(CO)O1. The van der Waals surface area contributed by atoms with Gasteiger partial charge < -0.3 is 20.1 Å². The van der Waals surface area contributed by atoms with Crippen molar-refractivity contribution in [1.29, 1.82) is 0 Å². The van der Waals surface area contributed by atoms with Crippen LogP contribution in [0.4, 0.5) is 5.82 Å². The Kier molecular flexibility index (Phi) is 4.10. The van der Waals surface area contributed by atoms with Crippen LogP contribution in [0.3, 0.4) is 0 Å². The van der Waals surface area contributed by atoms with Gasteiger partial charge in [-0.05, 0) is 25.0 Å². The summed E-state index contributed by atoms with van der Waals surface area (Å²) < 4.78 is 7.83. The van der Waals surface area contributed by atoms with Crippen molar-refractivity contribution in [3.8, 4) is 11.8 Å². The lowest BCUT2D eigenvalue weighted by Crippen LogP contribution is -2.14. The minimum atomic E-state index is -0.179. The predicted molar refractivity (Wildman–Crippen MR) is 94.6 cm³/mol. The average Bonchev–Trinajstić information content (AvgIpc) is 3.26. The molecule has 0 amide bonds. The largest absolute Gasteiger partial charge is 0.394 e. The second kappa shape index (κ2) is 6.55. The molecule has 1 saturated heterocycles. The van der Waals surface area contributed by atoms with Crippen LogP contribution in [0.1, 0.15) is 30.2 Å². The molecule has 0 radical (unpaired) electrons. The number of aromatic nitrogens is 3. The Bertz CT molecular complexity index is 956. The molecule has 126 valence electrons. The summed E-state index contributed by atoms with van der Waals surface area (Å²) in [6.07, 6.45) is 4.66. The summed E-state index contributed by atoms with van der Waals surface area (Å²) in [6.45, 7) is 0.0213. The van der Waals surface area contributed by atoms with Gasteiger partial charge >= 0.3 is 0 Å². The number of rotatable bonds is 2. The van der Waals surface area contributed by atoms with Crippen molar-refractivity contribution in [2.24, 2.45) is 0 Å².